The Kier molecular flexibility index (Phi) is 2.93. The standard InChI is InChI=1S/C9H14N2OS/c10-3-1-9-11-8(6-13-9)7-2-4-12-5-7/h6-7H,1-5,10H2. The van der Waals surface area contributed by atoms with Crippen molar-refractivity contribution in [3.63, 3.8) is 0 Å². The molecule has 2 rings (SSSR count). The smallest absolute Gasteiger partial charge is 0.0940 e. The zero-order valence-corrected chi connectivity index (χ0v) is 8.35. The zero-order valence-electron chi connectivity index (χ0n) is 7.53. The first kappa shape index (κ1) is 9.12. The molecule has 1 unspecified atom stereocenters. The van der Waals surface area contributed by atoms with Crippen LogP contribution < -0.4 is 5.73 Å². The van der Waals surface area contributed by atoms with Crippen molar-refractivity contribution in [2.45, 2.75) is 18.8 Å². The minimum Gasteiger partial charge on any atom is -0.381 e. The van der Waals surface area contributed by atoms with Crippen molar-refractivity contribution >= 4 is 11.3 Å². The van der Waals surface area contributed by atoms with Gasteiger partial charge >= 0.3 is 0 Å². The molecule has 2 N–H and O–H groups in total. The highest BCUT2D eigenvalue weighted by Crippen LogP contribution is 2.26. The van der Waals surface area contributed by atoms with Gasteiger partial charge in [-0.3, -0.25) is 0 Å². The number of nitrogens with zero attached hydrogens (tertiary/aromatic N) is 1. The monoisotopic (exact) mass is 198 g/mol. The Balaban J connectivity index is 2.03. The topological polar surface area (TPSA) is 48.1 Å². The van der Waals surface area contributed by atoms with Gasteiger partial charge in [-0.25, -0.2) is 4.98 Å². The number of ether oxygens (including phenoxy) is 1. The predicted molar refractivity (Wildman–Crippen MR) is 53.0 cm³/mol. The molecule has 0 aromatic carbocycles. The van der Waals surface area contributed by atoms with E-state index in [0.717, 1.165) is 31.1 Å². The molecule has 0 aliphatic carbocycles. The van der Waals surface area contributed by atoms with Gasteiger partial charge in [0.1, 0.15) is 0 Å². The maximum atomic E-state index is 5.47. The van der Waals surface area contributed by atoms with Crippen LogP contribution >= 0.6 is 11.3 Å². The molecule has 0 amide bonds. The van der Waals surface area contributed by atoms with E-state index in [4.69, 9.17) is 10.5 Å². The number of hydrogen-bond acceptors (Lipinski definition) is 4. The van der Waals surface area contributed by atoms with Crippen molar-refractivity contribution in [2.24, 2.45) is 5.73 Å². The molecule has 1 aliphatic rings. The van der Waals surface area contributed by atoms with Crippen LogP contribution in [0.4, 0.5) is 0 Å². The van der Waals surface area contributed by atoms with Crippen LogP contribution in [0.15, 0.2) is 5.38 Å². The molecule has 1 atom stereocenters. The second-order valence-corrected chi connectivity index (χ2v) is 4.21. The Labute approximate surface area is 81.9 Å². The Morgan fingerprint density at radius 2 is 2.62 bits per heavy atom. The summed E-state index contributed by atoms with van der Waals surface area (Å²) in [6.45, 7) is 2.41. The van der Waals surface area contributed by atoms with Crippen molar-refractivity contribution in [1.29, 1.82) is 0 Å². The molecule has 4 heteroatoms. The van der Waals surface area contributed by atoms with Gasteiger partial charge in [0.15, 0.2) is 0 Å². The maximum Gasteiger partial charge on any atom is 0.0940 e. The van der Waals surface area contributed by atoms with Crippen LogP contribution in [-0.2, 0) is 11.2 Å². The summed E-state index contributed by atoms with van der Waals surface area (Å²) in [4.78, 5) is 4.54. The van der Waals surface area contributed by atoms with E-state index in [2.05, 4.69) is 10.4 Å². The van der Waals surface area contributed by atoms with Gasteiger partial charge in [0.2, 0.25) is 0 Å². The van der Waals surface area contributed by atoms with Gasteiger partial charge in [0, 0.05) is 24.3 Å². The average molecular weight is 198 g/mol. The number of hydrogen-bond donors (Lipinski definition) is 1. The van der Waals surface area contributed by atoms with Crippen molar-refractivity contribution < 1.29 is 4.74 Å². The lowest BCUT2D eigenvalue weighted by Crippen LogP contribution is -2.03. The van der Waals surface area contributed by atoms with E-state index in [-0.39, 0.29) is 0 Å². The van der Waals surface area contributed by atoms with Crippen molar-refractivity contribution in [1.82, 2.24) is 4.98 Å². The molecule has 0 spiro atoms. The van der Waals surface area contributed by atoms with E-state index in [9.17, 15) is 0 Å². The van der Waals surface area contributed by atoms with E-state index >= 15 is 0 Å². The Bertz CT molecular complexity index is 268. The Morgan fingerprint density at radius 1 is 1.69 bits per heavy atom. The molecule has 2 heterocycles. The highest BCUT2D eigenvalue weighted by Gasteiger charge is 2.19. The first-order valence-electron chi connectivity index (χ1n) is 4.62. The fraction of sp³-hybridized carbons (Fsp3) is 0.667. The number of rotatable bonds is 3. The van der Waals surface area contributed by atoms with Gasteiger partial charge in [0.25, 0.3) is 0 Å². The summed E-state index contributed by atoms with van der Waals surface area (Å²) in [5, 5.41) is 3.30. The average Bonchev–Trinajstić information content (AvgIpc) is 2.70. The van der Waals surface area contributed by atoms with E-state index in [1.165, 1.54) is 5.69 Å². The second kappa shape index (κ2) is 4.17. The number of nitrogens with two attached hydrogens (primary N) is 1. The van der Waals surface area contributed by atoms with Crippen LogP contribution in [0.2, 0.25) is 0 Å². The largest absolute Gasteiger partial charge is 0.381 e. The van der Waals surface area contributed by atoms with Crippen LogP contribution in [-0.4, -0.2) is 24.7 Å². The van der Waals surface area contributed by atoms with Crippen molar-refractivity contribution in [3.8, 4) is 0 Å². The third kappa shape index (κ3) is 2.07. The number of thiazole rings is 1. The first-order valence-corrected chi connectivity index (χ1v) is 5.50. The third-order valence-electron chi connectivity index (χ3n) is 2.28. The van der Waals surface area contributed by atoms with Gasteiger partial charge < -0.3 is 10.5 Å². The quantitative estimate of drug-likeness (QED) is 0.792. The summed E-state index contributed by atoms with van der Waals surface area (Å²) in [5.74, 6) is 0.530. The lowest BCUT2D eigenvalue weighted by Gasteiger charge is -2.01. The van der Waals surface area contributed by atoms with Gasteiger partial charge in [-0.05, 0) is 13.0 Å². The minimum absolute atomic E-state index is 0.530. The number of aromatic nitrogens is 1. The summed E-state index contributed by atoms with van der Waals surface area (Å²) >= 11 is 1.71. The molecule has 1 saturated heterocycles. The molecule has 1 aliphatic heterocycles. The SMILES string of the molecule is NCCc1nc(C2CCOC2)cs1. The summed E-state index contributed by atoms with van der Waals surface area (Å²) in [5.41, 5.74) is 6.67. The van der Waals surface area contributed by atoms with Crippen LogP contribution in [0.5, 0.6) is 0 Å². The zero-order chi connectivity index (χ0) is 9.10. The molecule has 72 valence electrons. The second-order valence-electron chi connectivity index (χ2n) is 3.27. The molecule has 0 radical (unpaired) electrons. The third-order valence-corrected chi connectivity index (χ3v) is 3.20. The lowest BCUT2D eigenvalue weighted by molar-refractivity contribution is 0.193. The minimum atomic E-state index is 0.530. The van der Waals surface area contributed by atoms with E-state index < -0.39 is 0 Å². The summed E-state index contributed by atoms with van der Waals surface area (Å²) in [6, 6.07) is 0. The fourth-order valence-electron chi connectivity index (χ4n) is 1.52. The molecular weight excluding hydrogens is 184 g/mol. The molecule has 1 aromatic heterocycles. The van der Waals surface area contributed by atoms with Crippen LogP contribution in [0.3, 0.4) is 0 Å². The molecule has 1 aromatic rings. The molecule has 3 nitrogen and oxygen atoms in total. The molecule has 0 bridgehead atoms. The molecule has 13 heavy (non-hydrogen) atoms. The normalized spacial score (nSPS) is 22.4. The summed E-state index contributed by atoms with van der Waals surface area (Å²) in [7, 11) is 0. The predicted octanol–water partition coefficient (Wildman–Crippen LogP) is 1.15. The van der Waals surface area contributed by atoms with Gasteiger partial charge in [-0.15, -0.1) is 11.3 Å². The van der Waals surface area contributed by atoms with E-state index in [0.29, 0.717) is 12.5 Å². The van der Waals surface area contributed by atoms with Gasteiger partial charge in [-0.2, -0.15) is 0 Å². The Hall–Kier alpha value is -0.450. The molecule has 0 saturated carbocycles. The Morgan fingerprint density at radius 3 is 3.31 bits per heavy atom. The van der Waals surface area contributed by atoms with E-state index in [1.54, 1.807) is 11.3 Å². The fourth-order valence-corrected chi connectivity index (χ4v) is 2.41. The maximum absolute atomic E-state index is 5.47. The molecular formula is C9H14N2OS. The van der Waals surface area contributed by atoms with Crippen molar-refractivity contribution in [3.05, 3.63) is 16.1 Å². The van der Waals surface area contributed by atoms with Crippen LogP contribution in [0, 0.1) is 0 Å². The first-order chi connectivity index (χ1) is 6.40. The summed E-state index contributed by atoms with van der Waals surface area (Å²) < 4.78 is 5.32. The summed E-state index contributed by atoms with van der Waals surface area (Å²) in [6.07, 6.45) is 2.02. The highest BCUT2D eigenvalue weighted by atomic mass is 32.1. The van der Waals surface area contributed by atoms with E-state index in [1.807, 2.05) is 0 Å². The van der Waals surface area contributed by atoms with Gasteiger partial charge in [0.05, 0.1) is 17.3 Å². The van der Waals surface area contributed by atoms with Gasteiger partial charge in [-0.1, -0.05) is 0 Å². The van der Waals surface area contributed by atoms with Crippen LogP contribution in [0.1, 0.15) is 23.0 Å². The highest BCUT2D eigenvalue weighted by molar-refractivity contribution is 7.09. The van der Waals surface area contributed by atoms with Crippen molar-refractivity contribution in [2.75, 3.05) is 19.8 Å². The molecule has 1 fully saturated rings. The lowest BCUT2D eigenvalue weighted by atomic mass is 10.1. The van der Waals surface area contributed by atoms with Crippen LogP contribution in [0.25, 0.3) is 0 Å².